The highest BCUT2D eigenvalue weighted by molar-refractivity contribution is 7.23. The van der Waals surface area contributed by atoms with Gasteiger partial charge in [0.2, 0.25) is 17.7 Å². The van der Waals surface area contributed by atoms with Crippen LogP contribution in [-0.4, -0.2) is 32.8 Å². The maximum absolute atomic E-state index is 13.0. The highest BCUT2D eigenvalue weighted by atomic mass is 32.1. The van der Waals surface area contributed by atoms with Crippen LogP contribution in [0.2, 0.25) is 0 Å². The summed E-state index contributed by atoms with van der Waals surface area (Å²) in [5.41, 5.74) is 6.13. The van der Waals surface area contributed by atoms with Crippen molar-refractivity contribution in [3.05, 3.63) is 41.5 Å². The number of nitrogens with zero attached hydrogens (tertiary/aromatic N) is 6. The minimum atomic E-state index is -4.48. The first-order valence-electron chi connectivity index (χ1n) is 10.2. The van der Waals surface area contributed by atoms with Gasteiger partial charge in [-0.05, 0) is 25.0 Å². The Morgan fingerprint density at radius 3 is 2.67 bits per heavy atom. The average Bonchev–Trinajstić information content (AvgIpc) is 3.49. The number of rotatable bonds is 3. The molecular weight excluding hydrogens is 455 g/mol. The van der Waals surface area contributed by atoms with Gasteiger partial charge in [-0.1, -0.05) is 6.07 Å². The fourth-order valence-corrected chi connectivity index (χ4v) is 5.13. The first-order valence-corrected chi connectivity index (χ1v) is 11.0. The van der Waals surface area contributed by atoms with Gasteiger partial charge in [0.1, 0.15) is 11.1 Å². The van der Waals surface area contributed by atoms with Crippen molar-refractivity contribution < 1.29 is 17.6 Å². The fraction of sp³-hybridized carbons (Fsp3) is 0.333. The molecule has 0 saturated carbocycles. The predicted molar refractivity (Wildman–Crippen MR) is 117 cm³/mol. The van der Waals surface area contributed by atoms with Gasteiger partial charge in [-0.3, -0.25) is 0 Å². The minimum absolute atomic E-state index is 0.0213. The SMILES string of the molecule is Cn1cc(C(F)(F)F)nc1N1CCC(c2nnc(-c3cccc4sc(N)c(C#N)c34)o2)CC1. The van der Waals surface area contributed by atoms with E-state index in [-0.39, 0.29) is 11.9 Å². The van der Waals surface area contributed by atoms with Crippen LogP contribution in [0.25, 0.3) is 21.5 Å². The molecule has 1 aliphatic heterocycles. The van der Waals surface area contributed by atoms with Crippen LogP contribution in [0.5, 0.6) is 0 Å². The summed E-state index contributed by atoms with van der Waals surface area (Å²) in [7, 11) is 1.56. The van der Waals surface area contributed by atoms with E-state index < -0.39 is 11.9 Å². The molecule has 0 atom stereocenters. The number of halogens is 3. The molecule has 1 aromatic carbocycles. The van der Waals surface area contributed by atoms with Crippen molar-refractivity contribution in [1.29, 1.82) is 5.26 Å². The number of aryl methyl sites for hydroxylation is 1. The molecule has 8 nitrogen and oxygen atoms in total. The van der Waals surface area contributed by atoms with E-state index in [2.05, 4.69) is 21.3 Å². The normalized spacial score (nSPS) is 15.3. The third kappa shape index (κ3) is 3.68. The number of imidazole rings is 1. The van der Waals surface area contributed by atoms with Gasteiger partial charge in [-0.15, -0.1) is 21.5 Å². The number of aromatic nitrogens is 4. The Balaban J connectivity index is 1.35. The van der Waals surface area contributed by atoms with Gasteiger partial charge in [-0.25, -0.2) is 4.98 Å². The second-order valence-corrected chi connectivity index (χ2v) is 8.96. The van der Waals surface area contributed by atoms with Gasteiger partial charge >= 0.3 is 6.18 Å². The van der Waals surface area contributed by atoms with Crippen LogP contribution in [0.4, 0.5) is 24.1 Å². The summed E-state index contributed by atoms with van der Waals surface area (Å²) in [5.74, 6) is 1.05. The molecular formula is C21H18F3N7OS. The van der Waals surface area contributed by atoms with Crippen molar-refractivity contribution >= 4 is 32.4 Å². The number of benzene rings is 1. The number of nitrogen functional groups attached to an aromatic ring is 1. The number of nitrogens with two attached hydrogens (primary N) is 1. The van der Waals surface area contributed by atoms with Crippen LogP contribution in [0.15, 0.2) is 28.8 Å². The summed E-state index contributed by atoms with van der Waals surface area (Å²) >= 11 is 1.33. The van der Waals surface area contributed by atoms with Gasteiger partial charge in [0.25, 0.3) is 0 Å². The lowest BCUT2D eigenvalue weighted by Crippen LogP contribution is -2.34. The molecule has 1 aliphatic rings. The molecule has 4 aromatic rings. The number of piperidine rings is 1. The summed E-state index contributed by atoms with van der Waals surface area (Å²) in [6.07, 6.45) is -2.21. The van der Waals surface area contributed by atoms with Gasteiger partial charge in [0.15, 0.2) is 5.69 Å². The number of alkyl halides is 3. The number of thiophene rings is 1. The monoisotopic (exact) mass is 473 g/mol. The molecule has 0 aliphatic carbocycles. The molecule has 1 saturated heterocycles. The molecule has 0 amide bonds. The summed E-state index contributed by atoms with van der Waals surface area (Å²) in [6.45, 7) is 1.03. The van der Waals surface area contributed by atoms with Crippen molar-refractivity contribution in [2.75, 3.05) is 23.7 Å². The number of anilines is 2. The van der Waals surface area contributed by atoms with Crippen LogP contribution in [0, 0.1) is 11.3 Å². The number of fused-ring (bicyclic) bond motifs is 1. The second kappa shape index (κ2) is 7.77. The molecule has 3 aromatic heterocycles. The molecule has 4 heterocycles. The zero-order valence-electron chi connectivity index (χ0n) is 17.4. The molecule has 5 rings (SSSR count). The van der Waals surface area contributed by atoms with E-state index in [9.17, 15) is 18.4 Å². The van der Waals surface area contributed by atoms with Gasteiger partial charge < -0.3 is 19.6 Å². The largest absolute Gasteiger partial charge is 0.434 e. The second-order valence-electron chi connectivity index (χ2n) is 7.87. The first kappa shape index (κ1) is 21.3. The van der Waals surface area contributed by atoms with Crippen LogP contribution in [0.3, 0.4) is 0 Å². The zero-order valence-corrected chi connectivity index (χ0v) is 18.2. The molecule has 2 N–H and O–H groups in total. The first-order chi connectivity index (χ1) is 15.8. The van der Waals surface area contributed by atoms with E-state index in [0.29, 0.717) is 59.2 Å². The lowest BCUT2D eigenvalue weighted by molar-refractivity contribution is -0.140. The highest BCUT2D eigenvalue weighted by Gasteiger charge is 2.36. The number of hydrogen-bond acceptors (Lipinski definition) is 8. The standard InChI is InChI=1S/C21H18F3N7OS/c1-30-10-15(21(22,23)24)27-20(30)31-7-5-11(6-8-31)18-28-29-19(32-18)12-3-2-4-14-16(12)13(9-25)17(26)33-14/h2-4,10-11H,5-8,26H2,1H3. The quantitative estimate of drug-likeness (QED) is 0.465. The molecule has 33 heavy (non-hydrogen) atoms. The summed E-state index contributed by atoms with van der Waals surface area (Å²) in [4.78, 5) is 5.60. The highest BCUT2D eigenvalue weighted by Crippen LogP contribution is 2.40. The molecule has 1 fully saturated rings. The Kier molecular flexibility index (Phi) is 5.01. The van der Waals surface area contributed by atoms with Crippen molar-refractivity contribution in [3.8, 4) is 17.5 Å². The van der Waals surface area contributed by atoms with Crippen molar-refractivity contribution in [2.45, 2.75) is 24.9 Å². The summed E-state index contributed by atoms with van der Waals surface area (Å²) < 4.78 is 47.2. The van der Waals surface area contributed by atoms with Gasteiger partial charge in [0, 0.05) is 47.9 Å². The Hall–Kier alpha value is -3.59. The van der Waals surface area contributed by atoms with Crippen LogP contribution >= 0.6 is 11.3 Å². The van der Waals surface area contributed by atoms with Crippen LogP contribution in [0.1, 0.15) is 35.9 Å². The lowest BCUT2D eigenvalue weighted by atomic mass is 9.97. The molecule has 0 spiro atoms. The predicted octanol–water partition coefficient (Wildman–Crippen LogP) is 4.54. The van der Waals surface area contributed by atoms with E-state index in [1.165, 1.54) is 15.9 Å². The smallest absolute Gasteiger partial charge is 0.420 e. The summed E-state index contributed by atoms with van der Waals surface area (Å²) in [6, 6.07) is 7.69. The molecule has 12 heteroatoms. The van der Waals surface area contributed by atoms with Crippen molar-refractivity contribution in [2.24, 2.45) is 7.05 Å². The third-order valence-electron chi connectivity index (χ3n) is 5.79. The van der Waals surface area contributed by atoms with Crippen LogP contribution in [-0.2, 0) is 13.2 Å². The molecule has 0 unspecified atom stereocenters. The van der Waals surface area contributed by atoms with Crippen molar-refractivity contribution in [3.63, 3.8) is 0 Å². The van der Waals surface area contributed by atoms with E-state index in [1.807, 2.05) is 23.1 Å². The third-order valence-corrected chi connectivity index (χ3v) is 6.78. The maximum atomic E-state index is 13.0. The van der Waals surface area contributed by atoms with Gasteiger partial charge in [-0.2, -0.15) is 18.4 Å². The average molecular weight is 473 g/mol. The Labute approximate surface area is 190 Å². The van der Waals surface area contributed by atoms with E-state index in [4.69, 9.17) is 10.2 Å². The number of nitriles is 1. The molecule has 0 radical (unpaired) electrons. The molecule has 0 bridgehead atoms. The Morgan fingerprint density at radius 2 is 2.00 bits per heavy atom. The topological polar surface area (TPSA) is 110 Å². The fourth-order valence-electron chi connectivity index (χ4n) is 4.18. The lowest BCUT2D eigenvalue weighted by Gasteiger charge is -2.31. The Bertz CT molecular complexity index is 1370. The summed E-state index contributed by atoms with van der Waals surface area (Å²) in [5, 5.41) is 19.1. The van der Waals surface area contributed by atoms with Gasteiger partial charge in [0.05, 0.1) is 5.56 Å². The number of hydrogen-bond donors (Lipinski definition) is 1. The van der Waals surface area contributed by atoms with E-state index >= 15 is 0 Å². The Morgan fingerprint density at radius 1 is 1.24 bits per heavy atom. The maximum Gasteiger partial charge on any atom is 0.434 e. The minimum Gasteiger partial charge on any atom is -0.420 e. The van der Waals surface area contributed by atoms with Crippen LogP contribution < -0.4 is 10.6 Å². The van der Waals surface area contributed by atoms with Crippen molar-refractivity contribution in [1.82, 2.24) is 19.7 Å². The molecule has 170 valence electrons. The van der Waals surface area contributed by atoms with E-state index in [0.717, 1.165) is 10.9 Å². The zero-order chi connectivity index (χ0) is 23.3. The van der Waals surface area contributed by atoms with E-state index in [1.54, 1.807) is 7.05 Å².